The first-order valence-corrected chi connectivity index (χ1v) is 0.933. The third kappa shape index (κ3) is 9.07. The molecular weight excluding hydrogens is 267 g/mol. The summed E-state index contributed by atoms with van der Waals surface area (Å²) in [4.78, 5) is 12.6. The van der Waals surface area contributed by atoms with Crippen LogP contribution >= 0.6 is 0 Å². The summed E-state index contributed by atoms with van der Waals surface area (Å²) in [5.41, 5.74) is 4.31. The summed E-state index contributed by atoms with van der Waals surface area (Å²) in [7, 11) is 0. The van der Waals surface area contributed by atoms with E-state index in [0.29, 0.717) is 0 Å². The van der Waals surface area contributed by atoms with Crippen LogP contribution in [0.15, 0.2) is 0 Å². The molecule has 0 unspecified atom stereocenters. The van der Waals surface area contributed by atoms with Crippen LogP contribution in [0.4, 0.5) is 4.79 Å². The summed E-state index contributed by atoms with van der Waals surface area (Å²) in [5.74, 6) is 4.20. The van der Waals surface area contributed by atoms with Crippen molar-refractivity contribution in [1.29, 1.82) is 0 Å². The summed E-state index contributed by atoms with van der Waals surface area (Å²) in [6.07, 6.45) is -0.968. The second-order valence-corrected chi connectivity index (χ2v) is 0.437. The van der Waals surface area contributed by atoms with E-state index in [2.05, 4.69) is 16.5 Å². The molecule has 0 fully saturated rings. The molecule has 40 valence electrons. The molecule has 0 radical (unpaired) electrons. The van der Waals surface area contributed by atoms with Crippen LogP contribution in [0, 0.1) is 0 Å². The number of carbonyl (C=O) groups is 1. The van der Waals surface area contributed by atoms with Gasteiger partial charge in [-0.1, -0.05) is 0 Å². The van der Waals surface area contributed by atoms with Crippen molar-refractivity contribution in [3.63, 3.8) is 0 Å². The molecule has 0 heterocycles. The number of primary amides is 1. The topological polar surface area (TPSA) is 78.3 Å². The van der Waals surface area contributed by atoms with Crippen molar-refractivity contribution in [3.8, 4) is 0 Å². The molecule has 0 spiro atoms. The van der Waals surface area contributed by atoms with Crippen LogP contribution in [-0.2, 0) is 25.9 Å². The quantitative estimate of drug-likeness (QED) is 0.552. The minimum absolute atomic E-state index is 0. The van der Waals surface area contributed by atoms with Crippen LogP contribution in [0.3, 0.4) is 0 Å². The first kappa shape index (κ1) is 9.32. The van der Waals surface area contributed by atoms with Gasteiger partial charge in [0.25, 0.3) is 0 Å². The second kappa shape index (κ2) is 4.92. The van der Waals surface area contributed by atoms with Crippen LogP contribution in [-0.4, -0.2) is 6.09 Å². The zero-order valence-corrected chi connectivity index (χ0v) is 5.06. The van der Waals surface area contributed by atoms with Crippen molar-refractivity contribution in [2.75, 3.05) is 0 Å². The number of rotatable bonds is 0. The van der Waals surface area contributed by atoms with Crippen molar-refractivity contribution in [1.82, 2.24) is 0 Å². The molecule has 0 aliphatic carbocycles. The Morgan fingerprint density at radius 3 is 1.83 bits per heavy atom. The summed E-state index contributed by atoms with van der Waals surface area (Å²) < 4.78 is 0. The van der Waals surface area contributed by atoms with E-state index in [1.54, 1.807) is 0 Å². The van der Waals surface area contributed by atoms with Crippen LogP contribution in [0.5, 0.6) is 0 Å². The van der Waals surface area contributed by atoms with Gasteiger partial charge in [0.15, 0.2) is 0 Å². The molecule has 0 aromatic carbocycles. The Morgan fingerprint density at radius 1 is 1.67 bits per heavy atom. The largest absolute Gasteiger partial charge is 0.423 e. The smallest absolute Gasteiger partial charge is 0.357 e. The van der Waals surface area contributed by atoms with Gasteiger partial charge in [-0.15, -0.1) is 0 Å². The van der Waals surface area contributed by atoms with Gasteiger partial charge in [-0.25, -0.2) is 4.79 Å². The van der Waals surface area contributed by atoms with E-state index in [9.17, 15) is 4.79 Å². The maximum absolute atomic E-state index is 9.24. The van der Waals surface area contributed by atoms with Crippen molar-refractivity contribution in [3.05, 3.63) is 0 Å². The summed E-state index contributed by atoms with van der Waals surface area (Å²) in [6.45, 7) is 0. The Morgan fingerprint density at radius 2 is 1.83 bits per heavy atom. The Labute approximate surface area is 49.0 Å². The van der Waals surface area contributed by atoms with E-state index in [-0.39, 0.29) is 21.1 Å². The molecule has 0 rings (SSSR count). The van der Waals surface area contributed by atoms with E-state index >= 15 is 0 Å². The number of hydrogen-bond donors (Lipinski definition) is 2. The third-order valence-electron chi connectivity index (χ3n) is 0.116. The van der Waals surface area contributed by atoms with Crippen molar-refractivity contribution >= 4 is 6.09 Å². The van der Waals surface area contributed by atoms with E-state index < -0.39 is 6.09 Å². The molecule has 0 aromatic rings. The van der Waals surface area contributed by atoms with Gasteiger partial charge in [0.2, 0.25) is 0 Å². The predicted octanol–water partition coefficient (Wildman–Crippen LogP) is -1.05. The van der Waals surface area contributed by atoms with E-state index in [1.165, 1.54) is 0 Å². The van der Waals surface area contributed by atoms with E-state index in [4.69, 9.17) is 0 Å². The third-order valence-corrected chi connectivity index (χ3v) is 0.116. The van der Waals surface area contributed by atoms with Gasteiger partial charge in [-0.2, -0.15) is 5.90 Å². The van der Waals surface area contributed by atoms with Gasteiger partial charge in [-0.3, -0.25) is 0 Å². The molecule has 0 aliphatic heterocycles. The first-order valence-electron chi connectivity index (χ1n) is 0.933. The van der Waals surface area contributed by atoms with Crippen molar-refractivity contribution in [2.24, 2.45) is 11.6 Å². The number of carbonyl (C=O) groups excluding carboxylic acids is 1. The zero-order valence-electron chi connectivity index (χ0n) is 2.79. The Bertz CT molecular complexity index is 46.8. The molecule has 0 saturated heterocycles. The molecule has 5 heteroatoms. The second-order valence-electron chi connectivity index (χ2n) is 0.437. The summed E-state index contributed by atoms with van der Waals surface area (Å²) in [5, 5.41) is 0. The molecule has 0 bridgehead atoms. The number of hydrogen-bond acceptors (Lipinski definition) is 3. The normalized spacial score (nSPS) is 5.50. The SMILES string of the molecule is NOC(N)=O.[Pt]. The minimum Gasteiger partial charge on any atom is -0.357 e. The molecule has 4 N–H and O–H groups in total. The Hall–Kier alpha value is -0.0817. The van der Waals surface area contributed by atoms with Crippen LogP contribution in [0.1, 0.15) is 0 Å². The average molecular weight is 271 g/mol. The van der Waals surface area contributed by atoms with E-state index in [1.807, 2.05) is 0 Å². The van der Waals surface area contributed by atoms with Gasteiger partial charge >= 0.3 is 6.09 Å². The number of amides is 1. The minimum atomic E-state index is -0.968. The summed E-state index contributed by atoms with van der Waals surface area (Å²) in [6, 6.07) is 0. The van der Waals surface area contributed by atoms with Gasteiger partial charge in [0, 0.05) is 21.1 Å². The standard InChI is InChI=1S/CH4N2O2.Pt/c2-1(4)5-3;/h3H2,(H2,2,4);. The van der Waals surface area contributed by atoms with Crippen LogP contribution < -0.4 is 11.6 Å². The average Bonchev–Trinajstić information content (AvgIpc) is 1.38. The molecule has 6 heavy (non-hydrogen) atoms. The molecule has 4 nitrogen and oxygen atoms in total. The van der Waals surface area contributed by atoms with Gasteiger partial charge in [0.1, 0.15) is 0 Å². The molecule has 0 aliphatic rings. The fraction of sp³-hybridized carbons (Fsp3) is 0. The predicted molar refractivity (Wildman–Crippen MR) is 14.9 cm³/mol. The molecule has 0 atom stereocenters. The first-order chi connectivity index (χ1) is 2.27. The number of nitrogens with two attached hydrogens (primary N) is 2. The Balaban J connectivity index is 0. The van der Waals surface area contributed by atoms with Crippen molar-refractivity contribution in [2.45, 2.75) is 0 Å². The molecule has 0 saturated carbocycles. The van der Waals surface area contributed by atoms with E-state index in [0.717, 1.165) is 0 Å². The van der Waals surface area contributed by atoms with Crippen LogP contribution in [0.2, 0.25) is 0 Å². The molecule has 1 amide bonds. The Kier molecular flexibility index (Phi) is 7.64. The fourth-order valence-corrected chi connectivity index (χ4v) is 0. The maximum Gasteiger partial charge on any atom is 0.423 e. The molecule has 0 aromatic heterocycles. The monoisotopic (exact) mass is 271 g/mol. The summed E-state index contributed by atoms with van der Waals surface area (Å²) >= 11 is 0. The van der Waals surface area contributed by atoms with Crippen LogP contribution in [0.25, 0.3) is 0 Å². The molecular formula is CH4N2O2Pt. The van der Waals surface area contributed by atoms with Crippen molar-refractivity contribution < 1.29 is 30.7 Å². The zero-order chi connectivity index (χ0) is 4.28. The van der Waals surface area contributed by atoms with Gasteiger partial charge < -0.3 is 10.6 Å². The maximum atomic E-state index is 9.24. The fourth-order valence-electron chi connectivity index (χ4n) is 0. The van der Waals surface area contributed by atoms with Gasteiger partial charge in [0.05, 0.1) is 0 Å². The van der Waals surface area contributed by atoms with Gasteiger partial charge in [-0.05, 0) is 0 Å².